The largest absolute Gasteiger partial charge is 0.491 e. The van der Waals surface area contributed by atoms with Crippen LogP contribution in [0.1, 0.15) is 11.3 Å². The minimum Gasteiger partial charge on any atom is -0.491 e. The zero-order valence-corrected chi connectivity index (χ0v) is 12.2. The molecule has 3 aromatic rings. The van der Waals surface area contributed by atoms with E-state index in [1.165, 1.54) is 0 Å². The molecule has 110 valence electrons. The minimum absolute atomic E-state index is 0.0217. The van der Waals surface area contributed by atoms with E-state index in [4.69, 9.17) is 9.84 Å². The van der Waals surface area contributed by atoms with Crippen LogP contribution in [0.15, 0.2) is 42.6 Å². The van der Waals surface area contributed by atoms with Crippen molar-refractivity contribution < 1.29 is 9.84 Å². The quantitative estimate of drug-likeness (QED) is 0.802. The first-order valence-corrected chi connectivity index (χ1v) is 6.96. The second kappa shape index (κ2) is 5.88. The molecule has 3 rings (SSSR count). The number of hydrogen-bond donors (Lipinski definition) is 1. The van der Waals surface area contributed by atoms with Crippen molar-refractivity contribution in [1.82, 2.24) is 9.38 Å². The first-order valence-electron chi connectivity index (χ1n) is 6.96. The zero-order valence-electron chi connectivity index (χ0n) is 12.2. The summed E-state index contributed by atoms with van der Waals surface area (Å²) in [6.07, 6.45) is 1.91. The molecule has 0 amide bonds. The summed E-state index contributed by atoms with van der Waals surface area (Å²) in [5, 5.41) is 18.2. The fourth-order valence-corrected chi connectivity index (χ4v) is 2.33. The number of aliphatic hydroxyl groups excluding tert-OH is 1. The molecular weight excluding hydrogens is 278 g/mol. The molecule has 1 aromatic carbocycles. The van der Waals surface area contributed by atoms with Crippen molar-refractivity contribution in [2.45, 2.75) is 6.92 Å². The lowest BCUT2D eigenvalue weighted by Crippen LogP contribution is -2.01. The van der Waals surface area contributed by atoms with Crippen molar-refractivity contribution in [1.29, 1.82) is 5.26 Å². The highest BCUT2D eigenvalue weighted by Crippen LogP contribution is 2.26. The van der Waals surface area contributed by atoms with Crippen molar-refractivity contribution in [3.63, 3.8) is 0 Å². The van der Waals surface area contributed by atoms with E-state index in [0.717, 1.165) is 16.8 Å². The van der Waals surface area contributed by atoms with Gasteiger partial charge in [0.25, 0.3) is 0 Å². The molecule has 5 nitrogen and oxygen atoms in total. The molecule has 0 aliphatic heterocycles. The lowest BCUT2D eigenvalue weighted by molar-refractivity contribution is 0.201. The fraction of sp³-hybridized carbons (Fsp3) is 0.176. The van der Waals surface area contributed by atoms with Crippen LogP contribution in [-0.2, 0) is 0 Å². The maximum Gasteiger partial charge on any atom is 0.152 e. The summed E-state index contributed by atoms with van der Waals surface area (Å²) in [6.45, 7) is 2.22. The summed E-state index contributed by atoms with van der Waals surface area (Å²) in [6, 6.07) is 13.4. The fourth-order valence-electron chi connectivity index (χ4n) is 2.33. The van der Waals surface area contributed by atoms with Gasteiger partial charge in [0.05, 0.1) is 6.61 Å². The molecule has 0 saturated heterocycles. The smallest absolute Gasteiger partial charge is 0.152 e. The van der Waals surface area contributed by atoms with Gasteiger partial charge in [-0.3, -0.25) is 4.40 Å². The van der Waals surface area contributed by atoms with Crippen LogP contribution in [0.5, 0.6) is 5.75 Å². The van der Waals surface area contributed by atoms with E-state index in [9.17, 15) is 5.26 Å². The average Bonchev–Trinajstić information content (AvgIpc) is 2.91. The number of imidazole rings is 1. The predicted molar refractivity (Wildman–Crippen MR) is 82.7 cm³/mol. The van der Waals surface area contributed by atoms with Gasteiger partial charge in [-0.25, -0.2) is 4.98 Å². The summed E-state index contributed by atoms with van der Waals surface area (Å²) in [4.78, 5) is 4.55. The molecule has 0 aliphatic carbocycles. The second-order valence-corrected chi connectivity index (χ2v) is 4.95. The summed E-state index contributed by atoms with van der Waals surface area (Å²) in [5.74, 6) is 0.677. The molecular formula is C17H15N3O2. The number of hydrogen-bond acceptors (Lipinski definition) is 4. The lowest BCUT2D eigenvalue weighted by atomic mass is 10.1. The minimum atomic E-state index is -0.0217. The standard InChI is InChI=1S/C17H15N3O2/c1-12-2-7-16-19-17(15(10-18)20(16)11-12)13-3-5-14(6-4-13)22-9-8-21/h2-7,11,21H,8-9H2,1H3. The Balaban J connectivity index is 2.04. The maximum atomic E-state index is 9.46. The Kier molecular flexibility index (Phi) is 3.77. The Labute approximate surface area is 128 Å². The van der Waals surface area contributed by atoms with Crippen LogP contribution in [0.2, 0.25) is 0 Å². The van der Waals surface area contributed by atoms with Crippen molar-refractivity contribution in [3.8, 4) is 23.1 Å². The van der Waals surface area contributed by atoms with Gasteiger partial charge in [0.15, 0.2) is 5.69 Å². The first kappa shape index (κ1) is 14.1. The van der Waals surface area contributed by atoms with E-state index in [1.54, 1.807) is 16.5 Å². The van der Waals surface area contributed by atoms with Crippen LogP contribution < -0.4 is 4.74 Å². The number of benzene rings is 1. The van der Waals surface area contributed by atoms with Crippen LogP contribution in [0.4, 0.5) is 0 Å². The molecule has 22 heavy (non-hydrogen) atoms. The van der Waals surface area contributed by atoms with Crippen molar-refractivity contribution in [2.75, 3.05) is 13.2 Å². The van der Waals surface area contributed by atoms with Crippen LogP contribution in [0.25, 0.3) is 16.9 Å². The van der Waals surface area contributed by atoms with E-state index in [0.29, 0.717) is 17.1 Å². The molecule has 0 radical (unpaired) electrons. The Hall–Kier alpha value is -2.84. The van der Waals surface area contributed by atoms with E-state index >= 15 is 0 Å². The second-order valence-electron chi connectivity index (χ2n) is 4.95. The van der Waals surface area contributed by atoms with Gasteiger partial charge >= 0.3 is 0 Å². The third-order valence-corrected chi connectivity index (χ3v) is 3.36. The molecule has 2 heterocycles. The predicted octanol–water partition coefficient (Wildman–Crippen LogP) is 2.55. The summed E-state index contributed by atoms with van der Waals surface area (Å²) in [7, 11) is 0. The molecule has 5 heteroatoms. The molecule has 2 aromatic heterocycles. The average molecular weight is 293 g/mol. The van der Waals surface area contributed by atoms with Gasteiger partial charge in [0, 0.05) is 11.8 Å². The monoisotopic (exact) mass is 293 g/mol. The molecule has 0 aliphatic rings. The van der Waals surface area contributed by atoms with Crippen molar-refractivity contribution in [3.05, 3.63) is 53.9 Å². The Morgan fingerprint density at radius 3 is 2.68 bits per heavy atom. The van der Waals surface area contributed by atoms with E-state index in [2.05, 4.69) is 11.1 Å². The Bertz CT molecular complexity index is 845. The summed E-state index contributed by atoms with van der Waals surface area (Å²) >= 11 is 0. The van der Waals surface area contributed by atoms with Gasteiger partial charge < -0.3 is 9.84 Å². The number of aliphatic hydroxyl groups is 1. The topological polar surface area (TPSA) is 70.5 Å². The van der Waals surface area contributed by atoms with E-state index < -0.39 is 0 Å². The van der Waals surface area contributed by atoms with Crippen molar-refractivity contribution in [2.24, 2.45) is 0 Å². The van der Waals surface area contributed by atoms with Gasteiger partial charge in [-0.1, -0.05) is 6.07 Å². The van der Waals surface area contributed by atoms with Gasteiger partial charge in [-0.05, 0) is 42.8 Å². The molecule has 0 spiro atoms. The highest BCUT2D eigenvalue weighted by molar-refractivity contribution is 5.70. The van der Waals surface area contributed by atoms with Crippen LogP contribution in [-0.4, -0.2) is 27.7 Å². The SMILES string of the molecule is Cc1ccc2nc(-c3ccc(OCCO)cc3)c(C#N)n2c1. The summed E-state index contributed by atoms with van der Waals surface area (Å²) < 4.78 is 7.14. The third-order valence-electron chi connectivity index (χ3n) is 3.36. The van der Waals surface area contributed by atoms with Crippen molar-refractivity contribution >= 4 is 5.65 Å². The van der Waals surface area contributed by atoms with E-state index in [1.807, 2.05) is 37.4 Å². The lowest BCUT2D eigenvalue weighted by Gasteiger charge is -2.04. The summed E-state index contributed by atoms with van der Waals surface area (Å²) in [5.41, 5.74) is 3.84. The van der Waals surface area contributed by atoms with Crippen LogP contribution >= 0.6 is 0 Å². The number of nitriles is 1. The molecule has 0 fully saturated rings. The number of rotatable bonds is 4. The number of fused-ring (bicyclic) bond motifs is 1. The van der Waals surface area contributed by atoms with Gasteiger partial charge in [-0.15, -0.1) is 0 Å². The number of nitrogens with zero attached hydrogens (tertiary/aromatic N) is 3. The number of ether oxygens (including phenoxy) is 1. The third kappa shape index (κ3) is 2.52. The molecule has 0 unspecified atom stereocenters. The molecule has 0 saturated carbocycles. The van der Waals surface area contributed by atoms with Crippen LogP contribution in [0.3, 0.4) is 0 Å². The molecule has 0 bridgehead atoms. The highest BCUT2D eigenvalue weighted by atomic mass is 16.5. The van der Waals surface area contributed by atoms with E-state index in [-0.39, 0.29) is 13.2 Å². The first-order chi connectivity index (χ1) is 10.7. The number of aryl methyl sites for hydroxylation is 1. The Morgan fingerprint density at radius 2 is 2.00 bits per heavy atom. The van der Waals surface area contributed by atoms with Gasteiger partial charge in [0.2, 0.25) is 0 Å². The number of aromatic nitrogens is 2. The Morgan fingerprint density at radius 1 is 1.23 bits per heavy atom. The zero-order chi connectivity index (χ0) is 15.5. The molecule has 0 atom stereocenters. The van der Waals surface area contributed by atoms with Crippen LogP contribution in [0, 0.1) is 18.3 Å². The van der Waals surface area contributed by atoms with Gasteiger partial charge in [0.1, 0.15) is 29.8 Å². The maximum absolute atomic E-state index is 9.46. The highest BCUT2D eigenvalue weighted by Gasteiger charge is 2.13. The van der Waals surface area contributed by atoms with Gasteiger partial charge in [-0.2, -0.15) is 5.26 Å². The number of pyridine rings is 1. The normalized spacial score (nSPS) is 10.6. The molecule has 1 N–H and O–H groups in total.